The lowest BCUT2D eigenvalue weighted by Gasteiger charge is -2.34. The van der Waals surface area contributed by atoms with Gasteiger partial charge in [0.1, 0.15) is 5.75 Å². The number of hydrogen-bond donors (Lipinski definition) is 1. The largest absolute Gasteiger partial charge is 0.573 e. The Bertz CT molecular complexity index is 1460. The van der Waals surface area contributed by atoms with Crippen molar-refractivity contribution in [3.05, 3.63) is 82.6 Å². The smallest absolute Gasteiger partial charge is 0.406 e. The summed E-state index contributed by atoms with van der Waals surface area (Å²) in [6.07, 6.45) is -1.90. The number of alkyl halides is 3. The minimum atomic E-state index is -4.94. The first-order chi connectivity index (χ1) is 16.7. The molecule has 0 atom stereocenters. The van der Waals surface area contributed by atoms with Gasteiger partial charge in [0.25, 0.3) is 21.8 Å². The quantitative estimate of drug-likeness (QED) is 0.444. The molecule has 0 fully saturated rings. The van der Waals surface area contributed by atoms with Gasteiger partial charge >= 0.3 is 6.36 Å². The SMILES string of the molecule is CC(C)(c1cccnc1)N1C(=O)c2c(Cl)ccc(NS(=O)(=O)c3ccc(OC(F)(F)F)cc3)c2C1=O. The third-order valence-corrected chi connectivity index (χ3v) is 7.22. The van der Waals surface area contributed by atoms with E-state index >= 15 is 0 Å². The van der Waals surface area contributed by atoms with E-state index in [9.17, 15) is 31.2 Å². The molecule has 3 aromatic rings. The van der Waals surface area contributed by atoms with Crippen LogP contribution < -0.4 is 9.46 Å². The predicted molar refractivity (Wildman–Crippen MR) is 123 cm³/mol. The molecule has 0 saturated carbocycles. The molecule has 0 aliphatic carbocycles. The molecule has 0 bridgehead atoms. The summed E-state index contributed by atoms with van der Waals surface area (Å²) in [4.78, 5) is 31.4. The molecule has 1 aromatic heterocycles. The number of nitrogens with one attached hydrogen (secondary N) is 1. The second kappa shape index (κ2) is 8.79. The van der Waals surface area contributed by atoms with Crippen molar-refractivity contribution in [1.82, 2.24) is 9.88 Å². The number of halogens is 4. The lowest BCUT2D eigenvalue weighted by molar-refractivity contribution is -0.274. The molecule has 0 unspecified atom stereocenters. The normalized spacial score (nSPS) is 14.1. The van der Waals surface area contributed by atoms with Gasteiger partial charge in [-0.3, -0.25) is 24.2 Å². The number of amides is 2. The summed E-state index contributed by atoms with van der Waals surface area (Å²) in [6.45, 7) is 3.27. The highest BCUT2D eigenvalue weighted by atomic mass is 35.5. The maximum atomic E-state index is 13.5. The van der Waals surface area contributed by atoms with Crippen LogP contribution in [0.3, 0.4) is 0 Å². The Balaban J connectivity index is 1.70. The van der Waals surface area contributed by atoms with Gasteiger partial charge in [0, 0.05) is 12.4 Å². The molecule has 8 nitrogen and oxygen atoms in total. The molecule has 1 N–H and O–H groups in total. The number of aromatic nitrogens is 1. The van der Waals surface area contributed by atoms with Crippen molar-refractivity contribution >= 4 is 39.1 Å². The van der Waals surface area contributed by atoms with Crippen LogP contribution in [0.4, 0.5) is 18.9 Å². The van der Waals surface area contributed by atoms with Gasteiger partial charge in [-0.25, -0.2) is 8.42 Å². The highest BCUT2D eigenvalue weighted by molar-refractivity contribution is 7.92. The van der Waals surface area contributed by atoms with Gasteiger partial charge in [0.2, 0.25) is 0 Å². The van der Waals surface area contributed by atoms with E-state index in [1.54, 1.807) is 26.0 Å². The van der Waals surface area contributed by atoms with Crippen molar-refractivity contribution < 1.29 is 35.9 Å². The molecular formula is C23H17ClF3N3O5S. The van der Waals surface area contributed by atoms with E-state index < -0.39 is 44.4 Å². The van der Waals surface area contributed by atoms with Crippen LogP contribution in [0.5, 0.6) is 5.75 Å². The van der Waals surface area contributed by atoms with Crippen LogP contribution in [0.25, 0.3) is 0 Å². The number of hydrogen-bond acceptors (Lipinski definition) is 6. The topological polar surface area (TPSA) is 106 Å². The van der Waals surface area contributed by atoms with Crippen LogP contribution >= 0.6 is 11.6 Å². The Morgan fingerprint density at radius 3 is 2.19 bits per heavy atom. The van der Waals surface area contributed by atoms with Gasteiger partial charge in [-0.1, -0.05) is 17.7 Å². The van der Waals surface area contributed by atoms with Crippen LogP contribution in [0, 0.1) is 0 Å². The number of carbonyl (C=O) groups is 2. The molecule has 13 heteroatoms. The number of benzene rings is 2. The fourth-order valence-corrected chi connectivity index (χ4v) is 5.11. The van der Waals surface area contributed by atoms with Gasteiger partial charge in [-0.15, -0.1) is 13.2 Å². The zero-order valence-corrected chi connectivity index (χ0v) is 20.2. The summed E-state index contributed by atoms with van der Waals surface area (Å²) >= 11 is 6.23. The number of sulfonamides is 1. The fourth-order valence-electron chi connectivity index (χ4n) is 3.79. The van der Waals surface area contributed by atoms with Crippen LogP contribution in [0.2, 0.25) is 5.02 Å². The molecule has 0 radical (unpaired) electrons. The van der Waals surface area contributed by atoms with Gasteiger partial charge in [-0.05, 0) is 61.9 Å². The Kier molecular flexibility index (Phi) is 6.21. The molecule has 188 valence electrons. The highest BCUT2D eigenvalue weighted by Crippen LogP contribution is 2.41. The Morgan fingerprint density at radius 1 is 0.972 bits per heavy atom. The molecule has 2 amide bonds. The summed E-state index contributed by atoms with van der Waals surface area (Å²) in [6, 6.07) is 9.31. The number of rotatable bonds is 6. The maximum absolute atomic E-state index is 13.5. The van der Waals surface area contributed by atoms with Crippen molar-refractivity contribution in [2.24, 2.45) is 0 Å². The van der Waals surface area contributed by atoms with Crippen molar-refractivity contribution in [1.29, 1.82) is 0 Å². The Labute approximate surface area is 208 Å². The number of carbonyl (C=O) groups excluding carboxylic acids is 2. The van der Waals surface area contributed by atoms with Crippen molar-refractivity contribution in [2.45, 2.75) is 30.6 Å². The van der Waals surface area contributed by atoms with Gasteiger partial charge in [0.15, 0.2) is 0 Å². The van der Waals surface area contributed by atoms with E-state index in [4.69, 9.17) is 11.6 Å². The van der Waals surface area contributed by atoms with E-state index in [2.05, 4.69) is 14.4 Å². The number of imide groups is 1. The molecule has 1 aliphatic heterocycles. The minimum Gasteiger partial charge on any atom is -0.406 e. The summed E-state index contributed by atoms with van der Waals surface area (Å²) in [7, 11) is -4.38. The first-order valence-corrected chi connectivity index (χ1v) is 12.1. The number of nitrogens with zero attached hydrogens (tertiary/aromatic N) is 2. The second-order valence-corrected chi connectivity index (χ2v) is 10.3. The zero-order chi connectivity index (χ0) is 26.5. The van der Waals surface area contributed by atoms with E-state index in [0.29, 0.717) is 5.56 Å². The molecule has 4 rings (SSSR count). The first kappa shape index (κ1) is 25.5. The average molecular weight is 540 g/mol. The van der Waals surface area contributed by atoms with Crippen LogP contribution in [0.15, 0.2) is 65.8 Å². The third kappa shape index (κ3) is 4.61. The number of fused-ring (bicyclic) bond motifs is 1. The lowest BCUT2D eigenvalue weighted by atomic mass is 9.94. The second-order valence-electron chi connectivity index (χ2n) is 8.22. The molecule has 2 heterocycles. The molecule has 0 spiro atoms. The maximum Gasteiger partial charge on any atom is 0.573 e. The minimum absolute atomic E-state index is 0.0514. The van der Waals surface area contributed by atoms with Crippen LogP contribution in [0.1, 0.15) is 40.1 Å². The van der Waals surface area contributed by atoms with E-state index in [0.717, 1.165) is 29.2 Å². The fraction of sp³-hybridized carbons (Fsp3) is 0.174. The van der Waals surface area contributed by atoms with E-state index in [-0.39, 0.29) is 21.8 Å². The van der Waals surface area contributed by atoms with Gasteiger partial charge in [-0.2, -0.15) is 0 Å². The molecule has 36 heavy (non-hydrogen) atoms. The van der Waals surface area contributed by atoms with Crippen molar-refractivity contribution in [2.75, 3.05) is 4.72 Å². The summed E-state index contributed by atoms with van der Waals surface area (Å²) in [5.74, 6) is -2.11. The van der Waals surface area contributed by atoms with Crippen molar-refractivity contribution in [3.63, 3.8) is 0 Å². The third-order valence-electron chi connectivity index (χ3n) is 5.53. The predicted octanol–water partition coefficient (Wildman–Crippen LogP) is 4.97. The Hall–Kier alpha value is -3.64. The molecule has 1 aliphatic rings. The van der Waals surface area contributed by atoms with Gasteiger partial charge < -0.3 is 4.74 Å². The van der Waals surface area contributed by atoms with Crippen molar-refractivity contribution in [3.8, 4) is 5.75 Å². The standard InChI is InChI=1S/C23H17ClF3N3O5S/c1-22(2,13-4-3-11-28-12-13)30-20(31)18-16(24)9-10-17(19(18)21(30)32)29-36(33,34)15-7-5-14(6-8-15)35-23(25,26)27/h3-12,29H,1-2H3. The monoisotopic (exact) mass is 539 g/mol. The van der Waals surface area contributed by atoms with E-state index in [1.807, 2.05) is 0 Å². The summed E-state index contributed by atoms with van der Waals surface area (Å²) < 4.78 is 69.0. The molecule has 0 saturated heterocycles. The summed E-state index contributed by atoms with van der Waals surface area (Å²) in [5, 5.41) is -0.0514. The zero-order valence-electron chi connectivity index (χ0n) is 18.6. The number of anilines is 1. The highest BCUT2D eigenvalue weighted by Gasteiger charge is 2.47. The summed E-state index contributed by atoms with van der Waals surface area (Å²) in [5.41, 5.74) is -1.24. The average Bonchev–Trinajstić information content (AvgIpc) is 3.07. The Morgan fingerprint density at radius 2 is 1.61 bits per heavy atom. The first-order valence-electron chi connectivity index (χ1n) is 10.2. The lowest BCUT2D eigenvalue weighted by Crippen LogP contribution is -2.45. The van der Waals surface area contributed by atoms with Crippen LogP contribution in [-0.4, -0.2) is 36.5 Å². The van der Waals surface area contributed by atoms with E-state index in [1.165, 1.54) is 24.5 Å². The molecular weight excluding hydrogens is 523 g/mol. The number of ether oxygens (including phenoxy) is 1. The molecule has 2 aromatic carbocycles. The van der Waals surface area contributed by atoms with Crippen LogP contribution in [-0.2, 0) is 15.6 Å². The van der Waals surface area contributed by atoms with Gasteiger partial charge in [0.05, 0.1) is 32.3 Å². The number of pyridine rings is 1.